The van der Waals surface area contributed by atoms with Crippen LogP contribution in [0.1, 0.15) is 20.3 Å². The molecule has 1 aromatic heterocycles. The van der Waals surface area contributed by atoms with E-state index >= 15 is 0 Å². The van der Waals surface area contributed by atoms with E-state index in [2.05, 4.69) is 15.5 Å². The van der Waals surface area contributed by atoms with E-state index in [0.29, 0.717) is 23.5 Å². The third-order valence-corrected chi connectivity index (χ3v) is 4.68. The number of hydrogen-bond acceptors (Lipinski definition) is 9. The van der Waals surface area contributed by atoms with Gasteiger partial charge in [-0.3, -0.25) is 4.79 Å². The van der Waals surface area contributed by atoms with Crippen LogP contribution in [0.4, 0.5) is 0 Å². The molecular formula is C19H25N3O6S. The van der Waals surface area contributed by atoms with Gasteiger partial charge in [-0.15, -0.1) is 10.2 Å². The van der Waals surface area contributed by atoms with E-state index in [0.717, 1.165) is 11.8 Å². The predicted molar refractivity (Wildman–Crippen MR) is 107 cm³/mol. The van der Waals surface area contributed by atoms with Gasteiger partial charge < -0.3 is 23.9 Å². The SMILES string of the molecule is COC(=O)[C@@H](CC(C)C)NC(=O)CSc1nnc(-c2cc(OC)cc(OC)c2)o1. The number of rotatable bonds is 10. The van der Waals surface area contributed by atoms with E-state index in [4.69, 9.17) is 18.6 Å². The lowest BCUT2D eigenvalue weighted by Crippen LogP contribution is -2.43. The van der Waals surface area contributed by atoms with Crippen LogP contribution in [-0.2, 0) is 14.3 Å². The van der Waals surface area contributed by atoms with Crippen molar-refractivity contribution in [2.24, 2.45) is 5.92 Å². The van der Waals surface area contributed by atoms with Crippen LogP contribution < -0.4 is 14.8 Å². The number of nitrogens with zero attached hydrogens (tertiary/aromatic N) is 2. The molecule has 0 aliphatic rings. The van der Waals surface area contributed by atoms with Crippen molar-refractivity contribution in [2.75, 3.05) is 27.1 Å². The number of benzene rings is 1. The number of esters is 1. The van der Waals surface area contributed by atoms with Gasteiger partial charge in [-0.05, 0) is 24.5 Å². The van der Waals surface area contributed by atoms with E-state index in [1.807, 2.05) is 13.8 Å². The average molecular weight is 423 g/mol. The highest BCUT2D eigenvalue weighted by molar-refractivity contribution is 7.99. The summed E-state index contributed by atoms with van der Waals surface area (Å²) in [6, 6.07) is 4.53. The van der Waals surface area contributed by atoms with Gasteiger partial charge in [-0.2, -0.15) is 0 Å². The summed E-state index contributed by atoms with van der Waals surface area (Å²) in [7, 11) is 4.39. The molecule has 0 saturated heterocycles. The number of carbonyl (C=O) groups excluding carboxylic acids is 2. The highest BCUT2D eigenvalue weighted by atomic mass is 32.2. The standard InChI is InChI=1S/C19H25N3O6S/c1-11(2)6-15(18(24)27-5)20-16(23)10-29-19-22-21-17(28-19)12-7-13(25-3)9-14(8-12)26-4/h7-9,11,15H,6,10H2,1-5H3,(H,20,23)/t15-/m1/s1. The van der Waals surface area contributed by atoms with Crippen LogP contribution in [-0.4, -0.2) is 55.2 Å². The van der Waals surface area contributed by atoms with Crippen LogP contribution in [0.2, 0.25) is 0 Å². The monoisotopic (exact) mass is 423 g/mol. The zero-order chi connectivity index (χ0) is 21.4. The van der Waals surface area contributed by atoms with Crippen molar-refractivity contribution in [3.05, 3.63) is 18.2 Å². The summed E-state index contributed by atoms with van der Waals surface area (Å²) in [6.45, 7) is 3.93. The molecule has 2 aromatic rings. The minimum atomic E-state index is -0.685. The summed E-state index contributed by atoms with van der Waals surface area (Å²) in [5, 5.41) is 10.9. The van der Waals surface area contributed by atoms with Gasteiger partial charge in [0.25, 0.3) is 5.22 Å². The van der Waals surface area contributed by atoms with Gasteiger partial charge in [-0.25, -0.2) is 4.79 Å². The van der Waals surface area contributed by atoms with E-state index in [1.165, 1.54) is 7.11 Å². The molecule has 1 amide bonds. The molecule has 1 atom stereocenters. The molecule has 0 aliphatic carbocycles. The number of methoxy groups -OCH3 is 3. The quantitative estimate of drug-likeness (QED) is 0.455. The molecule has 29 heavy (non-hydrogen) atoms. The van der Waals surface area contributed by atoms with Crippen molar-refractivity contribution in [2.45, 2.75) is 31.5 Å². The van der Waals surface area contributed by atoms with E-state index in [-0.39, 0.29) is 28.7 Å². The summed E-state index contributed by atoms with van der Waals surface area (Å²) in [5.41, 5.74) is 0.632. The number of thioether (sulfide) groups is 1. The van der Waals surface area contributed by atoms with Gasteiger partial charge in [0.2, 0.25) is 11.8 Å². The largest absolute Gasteiger partial charge is 0.497 e. The van der Waals surface area contributed by atoms with Crippen molar-refractivity contribution in [3.8, 4) is 23.0 Å². The number of nitrogens with one attached hydrogen (secondary N) is 1. The first kappa shape index (κ1) is 22.5. The molecule has 0 aliphatic heterocycles. The fourth-order valence-corrected chi connectivity index (χ4v) is 3.08. The van der Waals surface area contributed by atoms with Gasteiger partial charge in [0.1, 0.15) is 17.5 Å². The van der Waals surface area contributed by atoms with E-state index in [9.17, 15) is 9.59 Å². The van der Waals surface area contributed by atoms with Gasteiger partial charge in [0.05, 0.1) is 27.1 Å². The van der Waals surface area contributed by atoms with Crippen molar-refractivity contribution in [3.63, 3.8) is 0 Å². The topological polar surface area (TPSA) is 113 Å². The van der Waals surface area contributed by atoms with Gasteiger partial charge in [-0.1, -0.05) is 25.6 Å². The minimum Gasteiger partial charge on any atom is -0.497 e. The minimum absolute atomic E-state index is 0.0225. The maximum atomic E-state index is 12.2. The third kappa shape index (κ3) is 6.67. The Labute approximate surface area is 173 Å². The summed E-state index contributed by atoms with van der Waals surface area (Å²) in [4.78, 5) is 24.0. The lowest BCUT2D eigenvalue weighted by Gasteiger charge is -2.17. The molecule has 10 heteroatoms. The molecule has 0 saturated carbocycles. The van der Waals surface area contributed by atoms with Crippen LogP contribution in [0.5, 0.6) is 11.5 Å². The van der Waals surface area contributed by atoms with Gasteiger partial charge in [0, 0.05) is 11.6 Å². The predicted octanol–water partition coefficient (Wildman–Crippen LogP) is 2.55. The third-order valence-electron chi connectivity index (χ3n) is 3.86. The molecule has 9 nitrogen and oxygen atoms in total. The number of carbonyl (C=O) groups is 2. The molecule has 2 rings (SSSR count). The van der Waals surface area contributed by atoms with E-state index in [1.54, 1.807) is 32.4 Å². The Hall–Kier alpha value is -2.75. The highest BCUT2D eigenvalue weighted by Gasteiger charge is 2.23. The van der Waals surface area contributed by atoms with Crippen molar-refractivity contribution < 1.29 is 28.2 Å². The van der Waals surface area contributed by atoms with Crippen LogP contribution in [0.25, 0.3) is 11.5 Å². The van der Waals surface area contributed by atoms with Crippen LogP contribution >= 0.6 is 11.8 Å². The summed E-state index contributed by atoms with van der Waals surface area (Å²) < 4.78 is 20.8. The molecule has 0 bridgehead atoms. The molecule has 158 valence electrons. The van der Waals surface area contributed by atoms with Crippen molar-refractivity contribution >= 4 is 23.6 Å². The summed E-state index contributed by atoms with van der Waals surface area (Å²) >= 11 is 1.08. The first-order chi connectivity index (χ1) is 13.9. The number of ether oxygens (including phenoxy) is 3. The number of aromatic nitrogens is 2. The van der Waals surface area contributed by atoms with Crippen LogP contribution in [0.15, 0.2) is 27.8 Å². The van der Waals surface area contributed by atoms with Crippen molar-refractivity contribution in [1.29, 1.82) is 0 Å². The Bertz CT molecular complexity index is 817. The normalized spacial score (nSPS) is 11.8. The Morgan fingerprint density at radius 3 is 2.31 bits per heavy atom. The molecular weight excluding hydrogens is 398 g/mol. The maximum Gasteiger partial charge on any atom is 0.328 e. The lowest BCUT2D eigenvalue weighted by molar-refractivity contribution is -0.145. The lowest BCUT2D eigenvalue weighted by atomic mass is 10.0. The van der Waals surface area contributed by atoms with Crippen LogP contribution in [0, 0.1) is 5.92 Å². The fourth-order valence-electron chi connectivity index (χ4n) is 2.51. The van der Waals surface area contributed by atoms with Gasteiger partial charge in [0.15, 0.2) is 0 Å². The zero-order valence-corrected chi connectivity index (χ0v) is 17.9. The Balaban J connectivity index is 2.00. The van der Waals surface area contributed by atoms with Crippen LogP contribution in [0.3, 0.4) is 0 Å². The Kier molecular flexibility index (Phi) is 8.32. The second-order valence-electron chi connectivity index (χ2n) is 6.54. The summed E-state index contributed by atoms with van der Waals surface area (Å²) in [6.07, 6.45) is 0.492. The zero-order valence-electron chi connectivity index (χ0n) is 17.1. The first-order valence-electron chi connectivity index (χ1n) is 8.93. The molecule has 0 unspecified atom stereocenters. The number of amides is 1. The summed E-state index contributed by atoms with van der Waals surface area (Å²) in [5.74, 6) is 0.908. The molecule has 0 spiro atoms. The smallest absolute Gasteiger partial charge is 0.328 e. The Morgan fingerprint density at radius 2 is 1.76 bits per heavy atom. The average Bonchev–Trinajstić information content (AvgIpc) is 3.19. The highest BCUT2D eigenvalue weighted by Crippen LogP contribution is 2.30. The number of hydrogen-bond donors (Lipinski definition) is 1. The molecule has 0 radical (unpaired) electrons. The second-order valence-corrected chi connectivity index (χ2v) is 7.46. The second kappa shape index (κ2) is 10.7. The molecule has 1 N–H and O–H groups in total. The Morgan fingerprint density at radius 1 is 1.10 bits per heavy atom. The van der Waals surface area contributed by atoms with E-state index < -0.39 is 12.0 Å². The molecule has 1 aromatic carbocycles. The van der Waals surface area contributed by atoms with Crippen molar-refractivity contribution in [1.82, 2.24) is 15.5 Å². The van der Waals surface area contributed by atoms with Gasteiger partial charge >= 0.3 is 5.97 Å². The first-order valence-corrected chi connectivity index (χ1v) is 9.91. The maximum absolute atomic E-state index is 12.2. The fraction of sp³-hybridized carbons (Fsp3) is 0.474. The molecule has 0 fully saturated rings. The molecule has 1 heterocycles.